The lowest BCUT2D eigenvalue weighted by molar-refractivity contribution is 0.0958. The van der Waals surface area contributed by atoms with Crippen LogP contribution in [0.2, 0.25) is 0 Å². The van der Waals surface area contributed by atoms with Gasteiger partial charge in [-0.15, -0.1) is 0 Å². The molecule has 1 aliphatic heterocycles. The number of aromatic nitrogens is 3. The molecule has 0 radical (unpaired) electrons. The molecule has 9 heteroatoms. The first-order valence-corrected chi connectivity index (χ1v) is 11.4. The summed E-state index contributed by atoms with van der Waals surface area (Å²) in [5.74, 6) is 0.124. The van der Waals surface area contributed by atoms with E-state index in [-0.39, 0.29) is 17.2 Å². The van der Waals surface area contributed by atoms with E-state index in [9.17, 15) is 14.0 Å². The van der Waals surface area contributed by atoms with E-state index < -0.39 is 11.4 Å². The van der Waals surface area contributed by atoms with Gasteiger partial charge in [0.05, 0.1) is 17.4 Å². The third-order valence-corrected chi connectivity index (χ3v) is 6.90. The van der Waals surface area contributed by atoms with Crippen molar-refractivity contribution in [1.82, 2.24) is 25.2 Å². The van der Waals surface area contributed by atoms with Crippen LogP contribution in [-0.2, 0) is 0 Å². The number of carbonyl (C=O) groups is 1. The number of halogens is 1. The first-order valence-electron chi connectivity index (χ1n) is 11.4. The second-order valence-electron chi connectivity index (χ2n) is 8.75. The van der Waals surface area contributed by atoms with Gasteiger partial charge in [0.2, 0.25) is 0 Å². The number of aromatic amines is 1. The zero-order chi connectivity index (χ0) is 22.9. The number of piperazine rings is 1. The zero-order valence-corrected chi connectivity index (χ0v) is 18.6. The highest BCUT2D eigenvalue weighted by molar-refractivity contribution is 5.92. The molecule has 0 unspecified atom stereocenters. The van der Waals surface area contributed by atoms with Crippen LogP contribution in [0.3, 0.4) is 0 Å². The molecule has 3 heterocycles. The standard InChI is InChI=1S/C24H27FN6O2/c1-26-23(32)20-8-7-17(14-27-20)31-11-9-30(10-12-31)16-6-5-15(13-16)22-28-19-4-2-3-18(25)21(19)24(33)29-22/h2-4,7-8,14-16H,5-6,9-13H2,1H3,(H,26,32)(H,28,29,33)/t15-,16-/m1/s1. The Bertz CT molecular complexity index is 1220. The molecule has 1 saturated carbocycles. The van der Waals surface area contributed by atoms with E-state index in [1.807, 2.05) is 6.07 Å². The van der Waals surface area contributed by atoms with E-state index in [4.69, 9.17) is 0 Å². The molecule has 1 saturated heterocycles. The number of anilines is 1. The van der Waals surface area contributed by atoms with Crippen molar-refractivity contribution in [2.45, 2.75) is 31.2 Å². The van der Waals surface area contributed by atoms with Gasteiger partial charge in [0, 0.05) is 45.2 Å². The highest BCUT2D eigenvalue weighted by Gasteiger charge is 2.33. The maximum Gasteiger partial charge on any atom is 0.269 e. The molecule has 5 rings (SSSR count). The molecule has 1 amide bonds. The van der Waals surface area contributed by atoms with Crippen LogP contribution in [-0.4, -0.2) is 65.0 Å². The minimum Gasteiger partial charge on any atom is -0.368 e. The normalized spacial score (nSPS) is 21.5. The predicted molar refractivity (Wildman–Crippen MR) is 124 cm³/mol. The summed E-state index contributed by atoms with van der Waals surface area (Å²) in [7, 11) is 1.60. The van der Waals surface area contributed by atoms with Crippen LogP contribution >= 0.6 is 0 Å². The van der Waals surface area contributed by atoms with E-state index in [0.29, 0.717) is 23.1 Å². The summed E-state index contributed by atoms with van der Waals surface area (Å²) in [4.78, 5) is 40.6. The molecule has 2 aromatic heterocycles. The van der Waals surface area contributed by atoms with Crippen molar-refractivity contribution < 1.29 is 9.18 Å². The Hall–Kier alpha value is -3.33. The topological polar surface area (TPSA) is 94.2 Å². The van der Waals surface area contributed by atoms with Crippen LogP contribution in [0.15, 0.2) is 41.3 Å². The summed E-state index contributed by atoms with van der Waals surface area (Å²) in [5.41, 5.74) is 1.46. The molecule has 172 valence electrons. The van der Waals surface area contributed by atoms with Crippen LogP contribution in [0, 0.1) is 5.82 Å². The van der Waals surface area contributed by atoms with Crippen molar-refractivity contribution in [3.63, 3.8) is 0 Å². The molecule has 8 nitrogen and oxygen atoms in total. The number of carbonyl (C=O) groups excluding carboxylic acids is 1. The minimum atomic E-state index is -0.534. The number of rotatable bonds is 4. The van der Waals surface area contributed by atoms with Crippen molar-refractivity contribution in [2.75, 3.05) is 38.1 Å². The lowest BCUT2D eigenvalue weighted by atomic mass is 10.1. The Labute approximate surface area is 190 Å². The van der Waals surface area contributed by atoms with Gasteiger partial charge in [-0.1, -0.05) is 6.07 Å². The van der Waals surface area contributed by atoms with Crippen molar-refractivity contribution >= 4 is 22.5 Å². The molecule has 2 aliphatic rings. The van der Waals surface area contributed by atoms with Gasteiger partial charge >= 0.3 is 0 Å². The van der Waals surface area contributed by atoms with Crippen LogP contribution in [0.4, 0.5) is 10.1 Å². The Kier molecular flexibility index (Phi) is 5.80. The second kappa shape index (κ2) is 8.90. The third-order valence-electron chi connectivity index (χ3n) is 6.90. The van der Waals surface area contributed by atoms with E-state index >= 15 is 0 Å². The molecule has 3 aromatic rings. The van der Waals surface area contributed by atoms with Gasteiger partial charge in [0.15, 0.2) is 0 Å². The molecule has 1 aliphatic carbocycles. The zero-order valence-electron chi connectivity index (χ0n) is 18.6. The largest absolute Gasteiger partial charge is 0.368 e. The van der Waals surface area contributed by atoms with E-state index in [1.54, 1.807) is 31.4 Å². The summed E-state index contributed by atoms with van der Waals surface area (Å²) in [6.07, 6.45) is 4.71. The number of nitrogens with one attached hydrogen (secondary N) is 2. The van der Waals surface area contributed by atoms with Crippen molar-refractivity contribution in [3.05, 3.63) is 64.2 Å². The first-order chi connectivity index (χ1) is 16.0. The number of pyridine rings is 1. The van der Waals surface area contributed by atoms with Crippen LogP contribution in [0.25, 0.3) is 10.9 Å². The molecular weight excluding hydrogens is 423 g/mol. The van der Waals surface area contributed by atoms with Crippen molar-refractivity contribution in [2.24, 2.45) is 0 Å². The number of amides is 1. The van der Waals surface area contributed by atoms with Gasteiger partial charge in [-0.25, -0.2) is 14.4 Å². The number of hydrogen-bond acceptors (Lipinski definition) is 6. The lowest BCUT2D eigenvalue weighted by Gasteiger charge is -2.39. The van der Waals surface area contributed by atoms with Crippen molar-refractivity contribution in [1.29, 1.82) is 0 Å². The van der Waals surface area contributed by atoms with E-state index in [2.05, 4.69) is 30.1 Å². The summed E-state index contributed by atoms with van der Waals surface area (Å²) in [6, 6.07) is 8.72. The summed E-state index contributed by atoms with van der Waals surface area (Å²) in [6.45, 7) is 3.68. The number of benzene rings is 1. The molecule has 2 atom stereocenters. The minimum absolute atomic E-state index is 0.0322. The number of nitrogens with zero attached hydrogens (tertiary/aromatic N) is 4. The summed E-state index contributed by atoms with van der Waals surface area (Å²) < 4.78 is 14.0. The summed E-state index contributed by atoms with van der Waals surface area (Å²) in [5, 5.41) is 2.62. The van der Waals surface area contributed by atoms with Gasteiger partial charge in [-0.3, -0.25) is 14.5 Å². The highest BCUT2D eigenvalue weighted by atomic mass is 19.1. The van der Waals surface area contributed by atoms with Crippen LogP contribution in [0.1, 0.15) is 41.5 Å². The number of H-pyrrole nitrogens is 1. The van der Waals surface area contributed by atoms with Gasteiger partial charge in [0.1, 0.15) is 22.7 Å². The monoisotopic (exact) mass is 450 g/mol. The van der Waals surface area contributed by atoms with Crippen LogP contribution in [0.5, 0.6) is 0 Å². The Balaban J connectivity index is 1.21. The molecule has 2 N–H and O–H groups in total. The smallest absolute Gasteiger partial charge is 0.269 e. The fraction of sp³-hybridized carbons (Fsp3) is 0.417. The molecule has 0 bridgehead atoms. The SMILES string of the molecule is CNC(=O)c1ccc(N2CCN([C@@H]3CC[C@@H](c4nc5cccc(F)c5c(=O)[nH]4)C3)CC2)cn1. The number of fused-ring (bicyclic) bond motifs is 1. The van der Waals surface area contributed by atoms with E-state index in [1.165, 1.54) is 6.07 Å². The second-order valence-corrected chi connectivity index (χ2v) is 8.75. The third kappa shape index (κ3) is 4.20. The molecular formula is C24H27FN6O2. The Morgan fingerprint density at radius 2 is 1.97 bits per heavy atom. The van der Waals surface area contributed by atoms with Gasteiger partial charge in [-0.05, 0) is 43.5 Å². The van der Waals surface area contributed by atoms with Gasteiger partial charge in [-0.2, -0.15) is 0 Å². The Morgan fingerprint density at radius 3 is 2.70 bits per heavy atom. The maximum absolute atomic E-state index is 14.0. The highest BCUT2D eigenvalue weighted by Crippen LogP contribution is 2.36. The molecule has 1 aromatic carbocycles. The quantitative estimate of drug-likeness (QED) is 0.633. The average Bonchev–Trinajstić information content (AvgIpc) is 3.34. The summed E-state index contributed by atoms with van der Waals surface area (Å²) >= 11 is 0. The maximum atomic E-state index is 14.0. The molecule has 0 spiro atoms. The predicted octanol–water partition coefficient (Wildman–Crippen LogP) is 2.28. The van der Waals surface area contributed by atoms with Crippen LogP contribution < -0.4 is 15.8 Å². The van der Waals surface area contributed by atoms with Crippen molar-refractivity contribution in [3.8, 4) is 0 Å². The molecule has 33 heavy (non-hydrogen) atoms. The fourth-order valence-electron chi connectivity index (χ4n) is 5.08. The lowest BCUT2D eigenvalue weighted by Crippen LogP contribution is -2.49. The Morgan fingerprint density at radius 1 is 1.15 bits per heavy atom. The number of hydrogen-bond donors (Lipinski definition) is 2. The average molecular weight is 451 g/mol. The van der Waals surface area contributed by atoms with Gasteiger partial charge in [0.25, 0.3) is 11.5 Å². The van der Waals surface area contributed by atoms with Gasteiger partial charge < -0.3 is 15.2 Å². The van der Waals surface area contributed by atoms with E-state index in [0.717, 1.165) is 51.1 Å². The fourth-order valence-corrected chi connectivity index (χ4v) is 5.08. The first kappa shape index (κ1) is 21.5. The molecule has 2 fully saturated rings.